The van der Waals surface area contributed by atoms with Gasteiger partial charge in [-0.2, -0.15) is 0 Å². The number of nitrogens with one attached hydrogen (secondary N) is 2. The Morgan fingerprint density at radius 2 is 2.04 bits per heavy atom. The molecule has 0 radical (unpaired) electrons. The van der Waals surface area contributed by atoms with Crippen molar-refractivity contribution in [3.8, 4) is 0 Å². The van der Waals surface area contributed by atoms with E-state index in [1.165, 1.54) is 23.3 Å². The number of hydrogen-bond acceptors (Lipinski definition) is 5. The van der Waals surface area contributed by atoms with Crippen LogP contribution in [0.15, 0.2) is 29.5 Å². The smallest absolute Gasteiger partial charge is 0.191 e. The predicted octanol–water partition coefficient (Wildman–Crippen LogP) is 2.57. The summed E-state index contributed by atoms with van der Waals surface area (Å²) < 4.78 is 0. The van der Waals surface area contributed by atoms with Crippen LogP contribution in [0.25, 0.3) is 0 Å². The number of thiazole rings is 1. The van der Waals surface area contributed by atoms with Crippen LogP contribution in [0, 0.1) is 0 Å². The molecule has 134 valence electrons. The second kappa shape index (κ2) is 8.80. The Hall–Kier alpha value is -2.15. The van der Waals surface area contributed by atoms with Crippen LogP contribution in [0.1, 0.15) is 35.2 Å². The summed E-state index contributed by atoms with van der Waals surface area (Å²) in [6, 6.07) is 4.22. The Balaban J connectivity index is 1.51. The van der Waals surface area contributed by atoms with Crippen molar-refractivity contribution in [2.24, 2.45) is 4.99 Å². The van der Waals surface area contributed by atoms with Crippen LogP contribution in [0.5, 0.6) is 0 Å². The molecule has 3 heterocycles. The highest BCUT2D eigenvalue weighted by molar-refractivity contribution is 7.11. The molecule has 2 aromatic rings. The Kier molecular flexibility index (Phi) is 6.22. The van der Waals surface area contributed by atoms with Crippen molar-refractivity contribution in [2.45, 2.75) is 39.3 Å². The van der Waals surface area contributed by atoms with Gasteiger partial charge >= 0.3 is 0 Å². The van der Waals surface area contributed by atoms with Gasteiger partial charge in [-0.25, -0.2) is 9.97 Å². The van der Waals surface area contributed by atoms with E-state index in [2.05, 4.69) is 43.5 Å². The van der Waals surface area contributed by atoms with E-state index in [4.69, 9.17) is 0 Å². The van der Waals surface area contributed by atoms with Gasteiger partial charge in [0, 0.05) is 44.0 Å². The third kappa shape index (κ3) is 4.92. The molecule has 1 fully saturated rings. The number of guanidine groups is 1. The summed E-state index contributed by atoms with van der Waals surface area (Å²) in [6.45, 7) is 5.79. The zero-order valence-corrected chi connectivity index (χ0v) is 15.8. The molecule has 1 aliphatic heterocycles. The Labute approximate surface area is 153 Å². The summed E-state index contributed by atoms with van der Waals surface area (Å²) in [5, 5.41) is 7.77. The van der Waals surface area contributed by atoms with Gasteiger partial charge < -0.3 is 15.5 Å². The first-order chi connectivity index (χ1) is 12.3. The van der Waals surface area contributed by atoms with Crippen molar-refractivity contribution in [3.05, 3.63) is 40.0 Å². The lowest BCUT2D eigenvalue weighted by molar-refractivity contribution is 0.803. The van der Waals surface area contributed by atoms with Crippen LogP contribution in [0.2, 0.25) is 0 Å². The molecular weight excluding hydrogens is 332 g/mol. The number of hydrogen-bond donors (Lipinski definition) is 2. The van der Waals surface area contributed by atoms with Crippen LogP contribution < -0.4 is 15.5 Å². The first kappa shape index (κ1) is 17.7. The third-order valence-corrected chi connectivity index (χ3v) is 5.42. The molecule has 2 aromatic heterocycles. The van der Waals surface area contributed by atoms with Gasteiger partial charge in [-0.3, -0.25) is 4.99 Å². The van der Waals surface area contributed by atoms with E-state index in [1.807, 2.05) is 18.5 Å². The summed E-state index contributed by atoms with van der Waals surface area (Å²) in [5.74, 6) is 1.86. The van der Waals surface area contributed by atoms with Crippen LogP contribution >= 0.6 is 11.3 Å². The molecule has 0 aliphatic carbocycles. The molecule has 0 amide bonds. The average Bonchev–Trinajstić information content (AvgIpc) is 3.34. The topological polar surface area (TPSA) is 65.4 Å². The van der Waals surface area contributed by atoms with Gasteiger partial charge in [-0.15, -0.1) is 11.3 Å². The fourth-order valence-electron chi connectivity index (χ4n) is 2.85. The van der Waals surface area contributed by atoms with Gasteiger partial charge in [0.05, 0.1) is 6.54 Å². The number of rotatable bonds is 6. The van der Waals surface area contributed by atoms with Crippen LogP contribution in [0.3, 0.4) is 0 Å². The molecule has 0 saturated carbocycles. The molecule has 0 unspecified atom stereocenters. The first-order valence-electron chi connectivity index (χ1n) is 8.86. The summed E-state index contributed by atoms with van der Waals surface area (Å²) in [7, 11) is 1.79. The van der Waals surface area contributed by atoms with E-state index >= 15 is 0 Å². The lowest BCUT2D eigenvalue weighted by atomic mass is 10.2. The summed E-state index contributed by atoms with van der Waals surface area (Å²) >= 11 is 1.75. The molecule has 0 bridgehead atoms. The Morgan fingerprint density at radius 3 is 2.76 bits per heavy atom. The van der Waals surface area contributed by atoms with Gasteiger partial charge in [0.15, 0.2) is 5.96 Å². The average molecular weight is 359 g/mol. The van der Waals surface area contributed by atoms with Gasteiger partial charge in [0.25, 0.3) is 0 Å². The molecule has 1 aliphatic rings. The number of aryl methyl sites for hydroxylation is 1. The summed E-state index contributed by atoms with van der Waals surface area (Å²) in [6.07, 6.45) is 7.40. The van der Waals surface area contributed by atoms with E-state index in [9.17, 15) is 0 Å². The lowest BCUT2D eigenvalue weighted by Crippen LogP contribution is -2.36. The number of aliphatic imine (C=N–C) groups is 1. The largest absolute Gasteiger partial charge is 0.357 e. The minimum atomic E-state index is 0.694. The number of nitrogens with zero attached hydrogens (tertiary/aromatic N) is 4. The highest BCUT2D eigenvalue weighted by Crippen LogP contribution is 2.18. The zero-order chi connectivity index (χ0) is 17.5. The Bertz CT molecular complexity index is 705. The van der Waals surface area contributed by atoms with Crippen LogP contribution in [-0.2, 0) is 19.5 Å². The summed E-state index contributed by atoms with van der Waals surface area (Å²) in [4.78, 5) is 16.9. The van der Waals surface area contributed by atoms with E-state index in [-0.39, 0.29) is 0 Å². The van der Waals surface area contributed by atoms with Crippen molar-refractivity contribution in [1.82, 2.24) is 20.6 Å². The molecule has 0 atom stereocenters. The normalized spacial score (nSPS) is 14.8. The maximum Gasteiger partial charge on any atom is 0.191 e. The number of aromatic nitrogens is 2. The van der Waals surface area contributed by atoms with E-state index in [0.29, 0.717) is 6.54 Å². The van der Waals surface area contributed by atoms with Crippen molar-refractivity contribution < 1.29 is 0 Å². The fourth-order valence-corrected chi connectivity index (χ4v) is 3.65. The van der Waals surface area contributed by atoms with E-state index in [1.54, 1.807) is 18.4 Å². The second-order valence-corrected chi connectivity index (χ2v) is 7.27. The molecule has 0 spiro atoms. The van der Waals surface area contributed by atoms with Gasteiger partial charge in [-0.1, -0.05) is 6.92 Å². The second-order valence-electron chi connectivity index (χ2n) is 6.07. The summed E-state index contributed by atoms with van der Waals surface area (Å²) in [5.41, 5.74) is 1.21. The SMILES string of the molecule is CCc1cnc(CNC(=NC)NCc2ccnc(N3CCCC3)c2)s1. The first-order valence-corrected chi connectivity index (χ1v) is 9.68. The minimum Gasteiger partial charge on any atom is -0.357 e. The molecule has 25 heavy (non-hydrogen) atoms. The van der Waals surface area contributed by atoms with Gasteiger partial charge in [-0.05, 0) is 37.0 Å². The van der Waals surface area contributed by atoms with Crippen LogP contribution in [-0.4, -0.2) is 36.1 Å². The minimum absolute atomic E-state index is 0.694. The van der Waals surface area contributed by atoms with Crippen LogP contribution in [0.4, 0.5) is 5.82 Å². The number of pyridine rings is 1. The van der Waals surface area contributed by atoms with Crippen molar-refractivity contribution in [1.29, 1.82) is 0 Å². The fraction of sp³-hybridized carbons (Fsp3) is 0.500. The zero-order valence-electron chi connectivity index (χ0n) is 15.0. The maximum atomic E-state index is 4.50. The highest BCUT2D eigenvalue weighted by Gasteiger charge is 2.13. The van der Waals surface area contributed by atoms with Gasteiger partial charge in [0.2, 0.25) is 0 Å². The monoisotopic (exact) mass is 358 g/mol. The van der Waals surface area contributed by atoms with Crippen molar-refractivity contribution >= 4 is 23.1 Å². The molecular formula is C18H26N6S. The molecule has 7 heteroatoms. The highest BCUT2D eigenvalue weighted by atomic mass is 32.1. The van der Waals surface area contributed by atoms with Gasteiger partial charge in [0.1, 0.15) is 10.8 Å². The maximum absolute atomic E-state index is 4.50. The van der Waals surface area contributed by atoms with E-state index in [0.717, 1.165) is 42.8 Å². The predicted molar refractivity (Wildman–Crippen MR) is 104 cm³/mol. The molecule has 1 saturated heterocycles. The third-order valence-electron chi connectivity index (χ3n) is 4.28. The molecule has 6 nitrogen and oxygen atoms in total. The van der Waals surface area contributed by atoms with Crippen molar-refractivity contribution in [3.63, 3.8) is 0 Å². The molecule has 3 rings (SSSR count). The quantitative estimate of drug-likeness (QED) is 0.614. The lowest BCUT2D eigenvalue weighted by Gasteiger charge is -2.17. The number of anilines is 1. The Morgan fingerprint density at radius 1 is 1.24 bits per heavy atom. The van der Waals surface area contributed by atoms with E-state index < -0.39 is 0 Å². The standard InChI is InChI=1S/C18H26N6S/c1-3-15-12-21-17(25-15)13-23-18(19-2)22-11-14-6-7-20-16(10-14)24-8-4-5-9-24/h6-7,10,12H,3-5,8-9,11,13H2,1-2H3,(H2,19,22,23). The molecule has 0 aromatic carbocycles. The van der Waals surface area contributed by atoms with Crippen molar-refractivity contribution in [2.75, 3.05) is 25.0 Å². The molecule has 2 N–H and O–H groups in total.